The van der Waals surface area contributed by atoms with Gasteiger partial charge in [0.2, 0.25) is 11.8 Å². The van der Waals surface area contributed by atoms with Gasteiger partial charge in [-0.3, -0.25) is 14.4 Å². The summed E-state index contributed by atoms with van der Waals surface area (Å²) in [5.74, 6) is -1.51. The first-order valence-electron chi connectivity index (χ1n) is 11.4. The van der Waals surface area contributed by atoms with Crippen molar-refractivity contribution in [2.75, 3.05) is 13.2 Å². The number of esters is 1. The molecule has 7 heteroatoms. The van der Waals surface area contributed by atoms with Crippen molar-refractivity contribution in [2.24, 2.45) is 11.8 Å². The molecule has 2 amide bonds. The zero-order valence-electron chi connectivity index (χ0n) is 19.1. The molecule has 0 radical (unpaired) electrons. The molecule has 4 atom stereocenters. The van der Waals surface area contributed by atoms with Crippen molar-refractivity contribution in [2.45, 2.75) is 64.5 Å². The quantitative estimate of drug-likeness (QED) is 0.462. The van der Waals surface area contributed by atoms with Crippen LogP contribution in [0.1, 0.15) is 51.5 Å². The van der Waals surface area contributed by atoms with Gasteiger partial charge >= 0.3 is 5.97 Å². The summed E-state index contributed by atoms with van der Waals surface area (Å²) in [5.41, 5.74) is 1.10. The molecule has 2 rings (SSSR count). The molecule has 0 saturated carbocycles. The van der Waals surface area contributed by atoms with Gasteiger partial charge in [0.05, 0.1) is 24.5 Å². The molecule has 0 bridgehead atoms. The fourth-order valence-corrected chi connectivity index (χ4v) is 3.68. The fraction of sp³-hybridized carbons (Fsp3) is 0.560. The third kappa shape index (κ3) is 9.22. The number of aliphatic hydroxyl groups is 1. The van der Waals surface area contributed by atoms with Crippen LogP contribution in [0, 0.1) is 11.8 Å². The van der Waals surface area contributed by atoms with Crippen LogP contribution in [0.3, 0.4) is 0 Å². The smallest absolute Gasteiger partial charge is 0.309 e. The van der Waals surface area contributed by atoms with Gasteiger partial charge in [0.1, 0.15) is 6.61 Å². The number of hydrogen-bond acceptors (Lipinski definition) is 5. The molecule has 1 aliphatic heterocycles. The molecule has 0 saturated heterocycles. The van der Waals surface area contributed by atoms with Crippen molar-refractivity contribution in [3.8, 4) is 0 Å². The summed E-state index contributed by atoms with van der Waals surface area (Å²) in [6, 6.07) is 9.18. The maximum atomic E-state index is 12.8. The van der Waals surface area contributed by atoms with Gasteiger partial charge in [0.15, 0.2) is 0 Å². The van der Waals surface area contributed by atoms with E-state index in [-0.39, 0.29) is 55.4 Å². The number of allylic oxidation sites excluding steroid dienone is 2. The number of cyclic esters (lactones) is 1. The van der Waals surface area contributed by atoms with Crippen LogP contribution in [0.25, 0.3) is 0 Å². The zero-order chi connectivity index (χ0) is 23.3. The van der Waals surface area contributed by atoms with Gasteiger partial charge in [-0.2, -0.15) is 0 Å². The molecule has 0 unspecified atom stereocenters. The summed E-state index contributed by atoms with van der Waals surface area (Å²) in [7, 11) is 0. The Bertz CT molecular complexity index is 765. The van der Waals surface area contributed by atoms with E-state index in [1.54, 1.807) is 13.8 Å². The third-order valence-corrected chi connectivity index (χ3v) is 5.52. The van der Waals surface area contributed by atoms with E-state index in [1.807, 2.05) is 42.5 Å². The molecule has 1 aromatic rings. The summed E-state index contributed by atoms with van der Waals surface area (Å²) in [5, 5.41) is 14.7. The lowest BCUT2D eigenvalue weighted by Gasteiger charge is -2.22. The minimum absolute atomic E-state index is 0.0339. The van der Waals surface area contributed by atoms with Gasteiger partial charge < -0.3 is 20.5 Å². The summed E-state index contributed by atoms with van der Waals surface area (Å²) in [4.78, 5) is 37.7. The van der Waals surface area contributed by atoms with Crippen molar-refractivity contribution >= 4 is 17.8 Å². The Balaban J connectivity index is 2.02. The van der Waals surface area contributed by atoms with Crippen LogP contribution in [-0.2, 0) is 25.5 Å². The molecule has 0 aliphatic carbocycles. The molecular formula is C25H36N2O5. The number of ether oxygens (including phenoxy) is 1. The molecule has 1 aromatic carbocycles. The van der Waals surface area contributed by atoms with E-state index in [0.717, 1.165) is 24.8 Å². The fourth-order valence-electron chi connectivity index (χ4n) is 3.68. The number of benzene rings is 1. The van der Waals surface area contributed by atoms with Crippen LogP contribution in [0.5, 0.6) is 0 Å². The first-order valence-corrected chi connectivity index (χ1v) is 11.4. The molecule has 1 heterocycles. The summed E-state index contributed by atoms with van der Waals surface area (Å²) >= 11 is 0. The number of aliphatic hydroxyl groups excluding tert-OH is 1. The van der Waals surface area contributed by atoms with Gasteiger partial charge in [0.25, 0.3) is 0 Å². The van der Waals surface area contributed by atoms with E-state index in [4.69, 9.17) is 9.84 Å². The maximum Gasteiger partial charge on any atom is 0.309 e. The molecule has 176 valence electrons. The van der Waals surface area contributed by atoms with Crippen molar-refractivity contribution < 1.29 is 24.2 Å². The third-order valence-electron chi connectivity index (χ3n) is 5.52. The Morgan fingerprint density at radius 3 is 2.69 bits per heavy atom. The van der Waals surface area contributed by atoms with Gasteiger partial charge in [-0.25, -0.2) is 0 Å². The van der Waals surface area contributed by atoms with Crippen LogP contribution in [0.2, 0.25) is 0 Å². The molecule has 0 fully saturated rings. The second kappa shape index (κ2) is 13.7. The molecule has 0 aromatic heterocycles. The van der Waals surface area contributed by atoms with E-state index >= 15 is 0 Å². The van der Waals surface area contributed by atoms with E-state index < -0.39 is 5.92 Å². The minimum Gasteiger partial charge on any atom is -0.463 e. The van der Waals surface area contributed by atoms with Crippen molar-refractivity contribution in [1.29, 1.82) is 0 Å². The number of carbonyl (C=O) groups excluding carboxylic acids is 3. The average Bonchev–Trinajstić information content (AvgIpc) is 2.77. The van der Waals surface area contributed by atoms with Crippen LogP contribution >= 0.6 is 0 Å². The first kappa shape index (κ1) is 25.6. The van der Waals surface area contributed by atoms with Crippen LogP contribution < -0.4 is 10.6 Å². The number of rotatable bonds is 6. The number of nitrogens with one attached hydrogen (secondary N) is 2. The van der Waals surface area contributed by atoms with Gasteiger partial charge in [0, 0.05) is 12.5 Å². The highest BCUT2D eigenvalue weighted by atomic mass is 16.5. The van der Waals surface area contributed by atoms with Crippen LogP contribution in [0.4, 0.5) is 0 Å². The lowest BCUT2D eigenvalue weighted by Crippen LogP contribution is -2.43. The van der Waals surface area contributed by atoms with Gasteiger partial charge in [-0.15, -0.1) is 0 Å². The number of amides is 2. The number of hydrogen-bond donors (Lipinski definition) is 3. The second-order valence-electron chi connectivity index (χ2n) is 8.62. The zero-order valence-corrected chi connectivity index (χ0v) is 19.1. The van der Waals surface area contributed by atoms with Gasteiger partial charge in [-0.05, 0) is 51.5 Å². The topological polar surface area (TPSA) is 105 Å². The van der Waals surface area contributed by atoms with Crippen LogP contribution in [-0.4, -0.2) is 48.2 Å². The second-order valence-corrected chi connectivity index (χ2v) is 8.62. The van der Waals surface area contributed by atoms with E-state index in [9.17, 15) is 14.4 Å². The molecule has 32 heavy (non-hydrogen) atoms. The van der Waals surface area contributed by atoms with E-state index in [0.29, 0.717) is 12.8 Å². The predicted molar refractivity (Wildman–Crippen MR) is 123 cm³/mol. The maximum absolute atomic E-state index is 12.8. The normalized spacial score (nSPS) is 24.0. The summed E-state index contributed by atoms with van der Waals surface area (Å²) in [6.07, 6.45) is 7.42. The lowest BCUT2D eigenvalue weighted by molar-refractivity contribution is -0.150. The molecule has 0 spiro atoms. The SMILES string of the molecule is C[C@@H](CO)NC(=O)C[C@H]1CC=CCCC[C@H](Cc2ccccc2)C(=O)OC[C@H](C)NC1=O. The standard InChI is InChI=1S/C25H36N2O5/c1-18(16-28)26-23(29)15-21-12-8-3-4-9-13-22(14-20-10-6-5-7-11-20)25(31)32-17-19(2)27-24(21)30/h3,5-8,10-11,18-19,21-22,28H,4,9,12-17H2,1-2H3,(H,26,29)(H,27,30)/t18-,19-,21+,22+/m0/s1. The highest BCUT2D eigenvalue weighted by Crippen LogP contribution is 2.19. The molecule has 1 aliphatic rings. The molecule has 3 N–H and O–H groups in total. The molecular weight excluding hydrogens is 408 g/mol. The Morgan fingerprint density at radius 2 is 1.97 bits per heavy atom. The summed E-state index contributed by atoms with van der Waals surface area (Å²) in [6.45, 7) is 3.42. The monoisotopic (exact) mass is 444 g/mol. The lowest BCUT2D eigenvalue weighted by atomic mass is 9.93. The predicted octanol–water partition coefficient (Wildman–Crippen LogP) is 2.53. The summed E-state index contributed by atoms with van der Waals surface area (Å²) < 4.78 is 5.54. The van der Waals surface area contributed by atoms with E-state index in [2.05, 4.69) is 10.6 Å². The van der Waals surface area contributed by atoms with Crippen LogP contribution in [0.15, 0.2) is 42.5 Å². The largest absolute Gasteiger partial charge is 0.463 e. The Morgan fingerprint density at radius 1 is 1.22 bits per heavy atom. The highest BCUT2D eigenvalue weighted by molar-refractivity contribution is 5.86. The van der Waals surface area contributed by atoms with Crippen molar-refractivity contribution in [3.05, 3.63) is 48.0 Å². The first-order chi connectivity index (χ1) is 15.4. The minimum atomic E-state index is -0.524. The average molecular weight is 445 g/mol. The van der Waals surface area contributed by atoms with E-state index in [1.165, 1.54) is 0 Å². The Labute approximate surface area is 190 Å². The highest BCUT2D eigenvalue weighted by Gasteiger charge is 2.25. The Kier molecular flexibility index (Phi) is 10.9. The van der Waals surface area contributed by atoms with Crippen molar-refractivity contribution in [3.63, 3.8) is 0 Å². The Hall–Kier alpha value is -2.67. The number of carbonyl (C=O) groups is 3. The van der Waals surface area contributed by atoms with Gasteiger partial charge in [-0.1, -0.05) is 42.5 Å². The molecule has 7 nitrogen and oxygen atoms in total. The van der Waals surface area contributed by atoms with Crippen molar-refractivity contribution in [1.82, 2.24) is 10.6 Å².